The highest BCUT2D eigenvalue weighted by Crippen LogP contribution is 2.22. The Morgan fingerprint density at radius 2 is 2.16 bits per heavy atom. The second-order valence-electron chi connectivity index (χ2n) is 4.46. The standard InChI is InChI=1S/C12H14BrClN2O3/c1-3-12(2,7-14)15-11(17)8-4-9(13)6-10(5-8)16(18)19/h4-6H,3,7H2,1-2H3,(H,15,17). The highest BCUT2D eigenvalue weighted by atomic mass is 79.9. The molecule has 0 saturated heterocycles. The van der Waals surface area contributed by atoms with Gasteiger partial charge in [-0.25, -0.2) is 0 Å². The van der Waals surface area contributed by atoms with Crippen LogP contribution in [-0.2, 0) is 0 Å². The number of nitrogens with zero attached hydrogens (tertiary/aromatic N) is 1. The number of non-ortho nitro benzene ring substituents is 1. The third-order valence-electron chi connectivity index (χ3n) is 2.85. The van der Waals surface area contributed by atoms with Crippen LogP contribution in [0.25, 0.3) is 0 Å². The Morgan fingerprint density at radius 1 is 1.53 bits per heavy atom. The predicted molar refractivity (Wildman–Crippen MR) is 77.7 cm³/mol. The van der Waals surface area contributed by atoms with Crippen molar-refractivity contribution in [1.29, 1.82) is 0 Å². The summed E-state index contributed by atoms with van der Waals surface area (Å²) in [5.74, 6) is -0.111. The first-order valence-electron chi connectivity index (χ1n) is 5.65. The lowest BCUT2D eigenvalue weighted by Gasteiger charge is -2.27. The fourth-order valence-electron chi connectivity index (χ4n) is 1.37. The van der Waals surface area contributed by atoms with Crippen molar-refractivity contribution < 1.29 is 9.72 Å². The van der Waals surface area contributed by atoms with E-state index in [0.29, 0.717) is 10.9 Å². The lowest BCUT2D eigenvalue weighted by molar-refractivity contribution is -0.385. The molecule has 104 valence electrons. The van der Waals surface area contributed by atoms with Gasteiger partial charge in [-0.15, -0.1) is 11.6 Å². The minimum absolute atomic E-state index is 0.136. The first kappa shape index (κ1) is 15.9. The summed E-state index contributed by atoms with van der Waals surface area (Å²) in [5.41, 5.74) is -0.440. The molecule has 1 amide bonds. The molecular formula is C12H14BrClN2O3. The number of hydrogen-bond donors (Lipinski definition) is 1. The van der Waals surface area contributed by atoms with Crippen molar-refractivity contribution >= 4 is 39.1 Å². The van der Waals surface area contributed by atoms with Gasteiger partial charge in [0.1, 0.15) is 0 Å². The highest BCUT2D eigenvalue weighted by Gasteiger charge is 2.24. The molecule has 0 aliphatic carbocycles. The fraction of sp³-hybridized carbons (Fsp3) is 0.417. The first-order valence-corrected chi connectivity index (χ1v) is 6.97. The second kappa shape index (κ2) is 6.34. The van der Waals surface area contributed by atoms with Crippen molar-refractivity contribution in [3.05, 3.63) is 38.3 Å². The molecule has 1 aromatic rings. The van der Waals surface area contributed by atoms with Gasteiger partial charge in [-0.05, 0) is 19.4 Å². The van der Waals surface area contributed by atoms with Crippen LogP contribution in [0.2, 0.25) is 0 Å². The van der Waals surface area contributed by atoms with E-state index in [4.69, 9.17) is 11.6 Å². The largest absolute Gasteiger partial charge is 0.346 e. The number of amides is 1. The van der Waals surface area contributed by atoms with Gasteiger partial charge in [-0.3, -0.25) is 14.9 Å². The minimum atomic E-state index is -0.540. The molecule has 0 aliphatic rings. The van der Waals surface area contributed by atoms with Crippen LogP contribution in [0.3, 0.4) is 0 Å². The normalized spacial score (nSPS) is 13.7. The predicted octanol–water partition coefficient (Wildman–Crippen LogP) is 3.49. The number of nitro groups is 1. The Hall–Kier alpha value is -1.14. The number of alkyl halides is 1. The lowest BCUT2D eigenvalue weighted by Crippen LogP contribution is -2.47. The molecule has 0 heterocycles. The number of hydrogen-bond acceptors (Lipinski definition) is 3. The van der Waals surface area contributed by atoms with Crippen LogP contribution in [0.15, 0.2) is 22.7 Å². The van der Waals surface area contributed by atoms with E-state index >= 15 is 0 Å². The van der Waals surface area contributed by atoms with E-state index in [0.717, 1.165) is 0 Å². The minimum Gasteiger partial charge on any atom is -0.346 e. The van der Waals surface area contributed by atoms with E-state index in [9.17, 15) is 14.9 Å². The van der Waals surface area contributed by atoms with Crippen molar-refractivity contribution in [3.63, 3.8) is 0 Å². The van der Waals surface area contributed by atoms with Gasteiger partial charge in [0.05, 0.1) is 10.5 Å². The van der Waals surface area contributed by atoms with Crippen LogP contribution in [0.1, 0.15) is 30.6 Å². The molecule has 0 saturated carbocycles. The zero-order valence-electron chi connectivity index (χ0n) is 10.6. The fourth-order valence-corrected chi connectivity index (χ4v) is 2.11. The summed E-state index contributed by atoms with van der Waals surface area (Å²) in [7, 11) is 0. The number of benzene rings is 1. The van der Waals surface area contributed by atoms with Crippen LogP contribution in [-0.4, -0.2) is 22.2 Å². The molecule has 0 aliphatic heterocycles. The van der Waals surface area contributed by atoms with Gasteiger partial charge in [0, 0.05) is 28.0 Å². The SMILES string of the molecule is CCC(C)(CCl)NC(=O)c1cc(Br)cc([N+](=O)[O-])c1. The van der Waals surface area contributed by atoms with Crippen LogP contribution in [0, 0.1) is 10.1 Å². The summed E-state index contributed by atoms with van der Waals surface area (Å²) in [6.45, 7) is 3.73. The second-order valence-corrected chi connectivity index (χ2v) is 5.64. The van der Waals surface area contributed by atoms with Crippen molar-refractivity contribution in [2.24, 2.45) is 0 Å². The van der Waals surface area contributed by atoms with Crippen LogP contribution in [0.5, 0.6) is 0 Å². The lowest BCUT2D eigenvalue weighted by atomic mass is 10.0. The molecule has 0 aromatic heterocycles. The van der Waals surface area contributed by atoms with E-state index in [1.54, 1.807) is 0 Å². The molecule has 1 aromatic carbocycles. The van der Waals surface area contributed by atoms with Gasteiger partial charge >= 0.3 is 0 Å². The van der Waals surface area contributed by atoms with Crippen molar-refractivity contribution in [1.82, 2.24) is 5.32 Å². The van der Waals surface area contributed by atoms with E-state index in [1.807, 2.05) is 13.8 Å². The molecule has 19 heavy (non-hydrogen) atoms. The van der Waals surface area contributed by atoms with Crippen LogP contribution < -0.4 is 5.32 Å². The number of carbonyl (C=O) groups is 1. The molecule has 0 spiro atoms. The van der Waals surface area contributed by atoms with E-state index < -0.39 is 10.5 Å². The van der Waals surface area contributed by atoms with Crippen molar-refractivity contribution in [3.8, 4) is 0 Å². The monoisotopic (exact) mass is 348 g/mol. The quantitative estimate of drug-likeness (QED) is 0.502. The molecule has 1 atom stereocenters. The summed E-state index contributed by atoms with van der Waals surface area (Å²) >= 11 is 8.97. The Bertz CT molecular complexity index is 504. The highest BCUT2D eigenvalue weighted by molar-refractivity contribution is 9.10. The van der Waals surface area contributed by atoms with Gasteiger partial charge in [-0.2, -0.15) is 0 Å². The number of rotatable bonds is 5. The summed E-state index contributed by atoms with van der Waals surface area (Å²) in [5, 5.41) is 13.5. The van der Waals surface area contributed by atoms with Crippen molar-refractivity contribution in [2.75, 3.05) is 5.88 Å². The Labute approximate surface area is 124 Å². The Kier molecular flexibility index (Phi) is 5.31. The van der Waals surface area contributed by atoms with Gasteiger partial charge in [0.25, 0.3) is 11.6 Å². The third-order valence-corrected chi connectivity index (χ3v) is 3.89. The summed E-state index contributed by atoms with van der Waals surface area (Å²) in [6.07, 6.45) is 0.665. The first-order chi connectivity index (χ1) is 8.81. The molecule has 5 nitrogen and oxygen atoms in total. The average Bonchev–Trinajstić information content (AvgIpc) is 2.37. The smallest absolute Gasteiger partial charge is 0.271 e. The molecule has 0 fully saturated rings. The van der Waals surface area contributed by atoms with Gasteiger partial charge in [0.2, 0.25) is 0 Å². The number of nitro benzene ring substituents is 1. The molecule has 0 radical (unpaired) electrons. The van der Waals surface area contributed by atoms with Crippen LogP contribution in [0.4, 0.5) is 5.69 Å². The number of nitrogens with one attached hydrogen (secondary N) is 1. The number of carbonyl (C=O) groups excluding carboxylic acids is 1. The molecule has 1 N–H and O–H groups in total. The van der Waals surface area contributed by atoms with Gasteiger partial charge in [-0.1, -0.05) is 22.9 Å². The zero-order chi connectivity index (χ0) is 14.6. The molecule has 7 heteroatoms. The summed E-state index contributed by atoms with van der Waals surface area (Å²) in [6, 6.07) is 4.12. The molecule has 1 unspecified atom stereocenters. The number of halogens is 2. The maximum absolute atomic E-state index is 12.1. The zero-order valence-corrected chi connectivity index (χ0v) is 12.9. The molecule has 1 rings (SSSR count). The van der Waals surface area contributed by atoms with Crippen molar-refractivity contribution in [2.45, 2.75) is 25.8 Å². The topological polar surface area (TPSA) is 72.2 Å². The summed E-state index contributed by atoms with van der Waals surface area (Å²) in [4.78, 5) is 22.3. The maximum Gasteiger partial charge on any atom is 0.271 e. The average molecular weight is 350 g/mol. The maximum atomic E-state index is 12.1. The van der Waals surface area contributed by atoms with Gasteiger partial charge < -0.3 is 5.32 Å². The summed E-state index contributed by atoms with van der Waals surface area (Å²) < 4.78 is 0.482. The molecule has 0 bridgehead atoms. The van der Waals surface area contributed by atoms with E-state index in [1.165, 1.54) is 18.2 Å². The van der Waals surface area contributed by atoms with E-state index in [-0.39, 0.29) is 23.0 Å². The molecular weight excluding hydrogens is 336 g/mol. The Morgan fingerprint density at radius 3 is 2.63 bits per heavy atom. The van der Waals surface area contributed by atoms with Gasteiger partial charge in [0.15, 0.2) is 0 Å². The third kappa shape index (κ3) is 4.18. The van der Waals surface area contributed by atoms with Crippen LogP contribution >= 0.6 is 27.5 Å². The Balaban J connectivity index is 3.03. The van der Waals surface area contributed by atoms with E-state index in [2.05, 4.69) is 21.2 Å².